The molecule has 0 saturated carbocycles. The van der Waals surface area contributed by atoms with Gasteiger partial charge in [0.2, 0.25) is 12.3 Å². The zero-order valence-corrected chi connectivity index (χ0v) is 24.6. The SMILES string of the molecule is CC.COC(=O)C(Cc1cc(OC)cc(OC)c1)c1cccc(Oc2ccc(CC(SC)C(=O)NC=O)cc2)c1. The van der Waals surface area contributed by atoms with E-state index >= 15 is 0 Å². The summed E-state index contributed by atoms with van der Waals surface area (Å²) in [6.07, 6.45) is 3.08. The minimum Gasteiger partial charge on any atom is -0.497 e. The first kappa shape index (κ1) is 32.2. The lowest BCUT2D eigenvalue weighted by Gasteiger charge is -2.17. The molecule has 3 aromatic carbocycles. The summed E-state index contributed by atoms with van der Waals surface area (Å²) in [4.78, 5) is 35.3. The third-order valence-electron chi connectivity index (χ3n) is 5.96. The molecule has 0 spiro atoms. The molecule has 214 valence electrons. The third-order valence-corrected chi connectivity index (χ3v) is 6.91. The summed E-state index contributed by atoms with van der Waals surface area (Å²) in [7, 11) is 4.53. The normalized spacial score (nSPS) is 11.7. The maximum atomic E-state index is 12.8. The summed E-state index contributed by atoms with van der Waals surface area (Å²) >= 11 is 1.38. The first-order chi connectivity index (χ1) is 19.4. The number of esters is 1. The van der Waals surface area contributed by atoms with Gasteiger partial charge in [-0.3, -0.25) is 19.7 Å². The Kier molecular flexibility index (Phi) is 13.6. The Bertz CT molecular complexity index is 1220. The van der Waals surface area contributed by atoms with Crippen molar-refractivity contribution in [2.45, 2.75) is 37.9 Å². The van der Waals surface area contributed by atoms with E-state index in [0.29, 0.717) is 42.2 Å². The number of carbonyl (C=O) groups excluding carboxylic acids is 3. The van der Waals surface area contributed by atoms with E-state index in [1.807, 2.05) is 80.8 Å². The molecule has 0 aromatic heterocycles. The van der Waals surface area contributed by atoms with Gasteiger partial charge in [-0.1, -0.05) is 38.1 Å². The highest BCUT2D eigenvalue weighted by Crippen LogP contribution is 2.31. The van der Waals surface area contributed by atoms with E-state index in [4.69, 9.17) is 18.9 Å². The van der Waals surface area contributed by atoms with Crippen molar-refractivity contribution in [1.82, 2.24) is 5.32 Å². The van der Waals surface area contributed by atoms with Crippen LogP contribution in [0.3, 0.4) is 0 Å². The Balaban J connectivity index is 0.00000274. The molecule has 0 fully saturated rings. The Morgan fingerprint density at radius 1 is 0.825 bits per heavy atom. The van der Waals surface area contributed by atoms with Crippen LogP contribution in [-0.4, -0.2) is 51.1 Å². The molecule has 0 heterocycles. The maximum Gasteiger partial charge on any atom is 0.313 e. The second-order valence-corrected chi connectivity index (χ2v) is 9.41. The average Bonchev–Trinajstić information content (AvgIpc) is 3.00. The smallest absolute Gasteiger partial charge is 0.313 e. The van der Waals surface area contributed by atoms with Crippen LogP contribution in [0.15, 0.2) is 66.7 Å². The van der Waals surface area contributed by atoms with E-state index in [-0.39, 0.29) is 17.1 Å². The summed E-state index contributed by atoms with van der Waals surface area (Å²) in [6.45, 7) is 4.00. The van der Waals surface area contributed by atoms with Gasteiger partial charge in [-0.05, 0) is 72.2 Å². The van der Waals surface area contributed by atoms with Gasteiger partial charge in [-0.15, -0.1) is 0 Å². The quantitative estimate of drug-likeness (QED) is 0.211. The number of methoxy groups -OCH3 is 3. The molecular weight excluding hydrogens is 530 g/mol. The maximum absolute atomic E-state index is 12.8. The number of hydrogen-bond acceptors (Lipinski definition) is 8. The molecule has 0 aliphatic rings. The standard InChI is InChI=1S/C29H31NO7S.C2H6/c1-34-24-12-20(13-25(17-24)35-2)14-26(29(33)36-3)21-6-5-7-23(16-21)37-22-10-8-19(9-11-22)15-27(38-4)28(32)30-18-31;1-2/h5-13,16-18,26-27H,14-15H2,1-4H3,(H,30,31,32);1-2H3. The minimum absolute atomic E-state index is 0.322. The van der Waals surface area contributed by atoms with Gasteiger partial charge in [0, 0.05) is 6.07 Å². The summed E-state index contributed by atoms with van der Waals surface area (Å²) in [6, 6.07) is 20.2. The number of carbonyl (C=O) groups is 3. The number of imide groups is 1. The third kappa shape index (κ3) is 9.34. The average molecular weight is 568 g/mol. The first-order valence-corrected chi connectivity index (χ1v) is 14.1. The van der Waals surface area contributed by atoms with Gasteiger partial charge in [0.25, 0.3) is 0 Å². The fourth-order valence-corrected chi connectivity index (χ4v) is 4.61. The molecule has 1 N–H and O–H groups in total. The van der Waals surface area contributed by atoms with Crippen LogP contribution in [0.4, 0.5) is 0 Å². The van der Waals surface area contributed by atoms with E-state index < -0.39 is 5.92 Å². The predicted octanol–water partition coefficient (Wildman–Crippen LogP) is 5.57. The molecule has 0 aliphatic heterocycles. The van der Waals surface area contributed by atoms with Crippen molar-refractivity contribution in [3.8, 4) is 23.0 Å². The lowest BCUT2D eigenvalue weighted by Crippen LogP contribution is -2.32. The highest BCUT2D eigenvalue weighted by molar-refractivity contribution is 7.99. The van der Waals surface area contributed by atoms with Crippen molar-refractivity contribution in [2.24, 2.45) is 0 Å². The summed E-state index contributed by atoms with van der Waals surface area (Å²) in [5.74, 6) is 1.19. The van der Waals surface area contributed by atoms with Crippen molar-refractivity contribution in [2.75, 3.05) is 27.6 Å². The van der Waals surface area contributed by atoms with Gasteiger partial charge in [0.05, 0.1) is 32.5 Å². The van der Waals surface area contributed by atoms with Crippen LogP contribution in [0, 0.1) is 0 Å². The van der Waals surface area contributed by atoms with Crippen LogP contribution in [0.2, 0.25) is 0 Å². The second kappa shape index (κ2) is 16.9. The molecular formula is C31H37NO7S. The lowest BCUT2D eigenvalue weighted by atomic mass is 9.91. The Morgan fingerprint density at radius 2 is 1.48 bits per heavy atom. The zero-order chi connectivity index (χ0) is 29.5. The number of nitrogens with one attached hydrogen (secondary N) is 1. The monoisotopic (exact) mass is 567 g/mol. The molecule has 0 saturated heterocycles. The van der Waals surface area contributed by atoms with Gasteiger partial charge in [0.1, 0.15) is 23.0 Å². The fourth-order valence-electron chi connectivity index (χ4n) is 3.97. The zero-order valence-electron chi connectivity index (χ0n) is 23.8. The van der Waals surface area contributed by atoms with Gasteiger partial charge in [0.15, 0.2) is 0 Å². The topological polar surface area (TPSA) is 100 Å². The Hall–Kier alpha value is -3.98. The number of benzene rings is 3. The molecule has 3 aromatic rings. The molecule has 8 nitrogen and oxygen atoms in total. The van der Waals surface area contributed by atoms with Crippen LogP contribution < -0.4 is 19.5 Å². The van der Waals surface area contributed by atoms with Crippen LogP contribution in [0.1, 0.15) is 36.5 Å². The highest BCUT2D eigenvalue weighted by Gasteiger charge is 2.23. The van der Waals surface area contributed by atoms with Gasteiger partial charge in [-0.25, -0.2) is 0 Å². The number of ether oxygens (including phenoxy) is 4. The van der Waals surface area contributed by atoms with Crippen molar-refractivity contribution in [1.29, 1.82) is 0 Å². The van der Waals surface area contributed by atoms with Gasteiger partial charge >= 0.3 is 5.97 Å². The molecule has 2 atom stereocenters. The fraction of sp³-hybridized carbons (Fsp3) is 0.323. The number of rotatable bonds is 13. The molecule has 2 amide bonds. The summed E-state index contributed by atoms with van der Waals surface area (Å²) in [5, 5.41) is 1.83. The molecule has 9 heteroatoms. The molecule has 0 radical (unpaired) electrons. The second-order valence-electron chi connectivity index (χ2n) is 8.37. The van der Waals surface area contributed by atoms with Crippen LogP contribution >= 0.6 is 11.8 Å². The van der Waals surface area contributed by atoms with Gasteiger partial charge < -0.3 is 18.9 Å². The summed E-state index contributed by atoms with van der Waals surface area (Å²) in [5.41, 5.74) is 2.55. The largest absolute Gasteiger partial charge is 0.497 e. The lowest BCUT2D eigenvalue weighted by molar-refractivity contribution is -0.142. The van der Waals surface area contributed by atoms with E-state index in [2.05, 4.69) is 5.32 Å². The Labute approximate surface area is 240 Å². The summed E-state index contributed by atoms with van der Waals surface area (Å²) < 4.78 is 21.9. The molecule has 40 heavy (non-hydrogen) atoms. The van der Waals surface area contributed by atoms with Crippen LogP contribution in [0.25, 0.3) is 0 Å². The highest BCUT2D eigenvalue weighted by atomic mass is 32.2. The molecule has 0 bridgehead atoms. The van der Waals surface area contributed by atoms with Gasteiger partial charge in [-0.2, -0.15) is 11.8 Å². The first-order valence-electron chi connectivity index (χ1n) is 12.8. The van der Waals surface area contributed by atoms with Crippen molar-refractivity contribution < 1.29 is 33.3 Å². The molecule has 3 rings (SSSR count). The Morgan fingerprint density at radius 3 is 2.02 bits per heavy atom. The van der Waals surface area contributed by atoms with Crippen LogP contribution in [0.5, 0.6) is 23.0 Å². The van der Waals surface area contributed by atoms with E-state index in [1.54, 1.807) is 20.3 Å². The van der Waals surface area contributed by atoms with E-state index in [0.717, 1.165) is 16.7 Å². The van der Waals surface area contributed by atoms with E-state index in [9.17, 15) is 14.4 Å². The predicted molar refractivity (Wildman–Crippen MR) is 158 cm³/mol. The van der Waals surface area contributed by atoms with Crippen molar-refractivity contribution >= 4 is 30.0 Å². The molecule has 2 unspecified atom stereocenters. The van der Waals surface area contributed by atoms with Crippen molar-refractivity contribution in [3.63, 3.8) is 0 Å². The number of hydrogen-bond donors (Lipinski definition) is 1. The molecule has 0 aliphatic carbocycles. The number of thioether (sulfide) groups is 1. The van der Waals surface area contributed by atoms with Crippen LogP contribution in [-0.2, 0) is 32.0 Å². The minimum atomic E-state index is -0.566. The van der Waals surface area contributed by atoms with Crippen molar-refractivity contribution in [3.05, 3.63) is 83.4 Å². The van der Waals surface area contributed by atoms with E-state index in [1.165, 1.54) is 18.9 Å². The number of amides is 2.